The first-order valence-corrected chi connectivity index (χ1v) is 9.47. The lowest BCUT2D eigenvalue weighted by Gasteiger charge is -2.34. The third kappa shape index (κ3) is 3.50. The summed E-state index contributed by atoms with van der Waals surface area (Å²) in [5.74, 6) is 0.362. The zero-order chi connectivity index (χ0) is 19.8. The number of halogens is 3. The van der Waals surface area contributed by atoms with Crippen molar-refractivity contribution in [2.24, 2.45) is 5.10 Å². The number of hydrazone groups is 1. The largest absolute Gasteiger partial charge is 0.438 e. The Morgan fingerprint density at radius 3 is 2.50 bits per heavy atom. The molecule has 1 unspecified atom stereocenters. The maximum Gasteiger partial charge on any atom is 0.438 e. The van der Waals surface area contributed by atoms with Crippen LogP contribution in [0.1, 0.15) is 50.1 Å². The fourth-order valence-electron chi connectivity index (χ4n) is 3.93. The van der Waals surface area contributed by atoms with Gasteiger partial charge in [0.2, 0.25) is 0 Å². The molecule has 150 valence electrons. The molecular formula is C19H22F3N5O. The number of hydrogen-bond acceptors (Lipinski definition) is 5. The van der Waals surface area contributed by atoms with E-state index in [0.717, 1.165) is 31.4 Å². The van der Waals surface area contributed by atoms with Gasteiger partial charge in [-0.05, 0) is 25.0 Å². The average molecular weight is 393 g/mol. The maximum atomic E-state index is 13.6. The number of para-hydroxylation sites is 1. The molecule has 0 saturated heterocycles. The van der Waals surface area contributed by atoms with Crippen LogP contribution in [0.2, 0.25) is 0 Å². The molecule has 2 heterocycles. The Balaban J connectivity index is 1.56. The lowest BCUT2D eigenvalue weighted by molar-refractivity contribution is -0.254. The molecule has 2 aliphatic rings. The summed E-state index contributed by atoms with van der Waals surface area (Å²) in [7, 11) is 0. The molecule has 0 amide bonds. The maximum absolute atomic E-state index is 13.6. The fourth-order valence-corrected chi connectivity index (χ4v) is 3.93. The smallest absolute Gasteiger partial charge is 0.362 e. The Morgan fingerprint density at radius 2 is 1.82 bits per heavy atom. The molecule has 1 aromatic carbocycles. The van der Waals surface area contributed by atoms with E-state index in [4.69, 9.17) is 0 Å². The average Bonchev–Trinajstić information content (AvgIpc) is 3.28. The molecule has 1 saturated carbocycles. The molecule has 1 atom stereocenters. The molecule has 1 N–H and O–H groups in total. The van der Waals surface area contributed by atoms with E-state index in [1.165, 1.54) is 23.2 Å². The van der Waals surface area contributed by atoms with E-state index in [1.807, 2.05) is 0 Å². The molecule has 0 spiro atoms. The molecular weight excluding hydrogens is 371 g/mol. The van der Waals surface area contributed by atoms with E-state index in [2.05, 4.69) is 15.4 Å². The van der Waals surface area contributed by atoms with Crippen LogP contribution in [0.15, 0.2) is 41.6 Å². The standard InChI is InChI=1S/C19H22F3N5O/c20-19(21,22)18(28)11-15(24-27(18)16-9-5-2-6-10-16)12-26-13-17(23-25-26)14-7-3-1-4-8-14/h2,5-6,9-10,13-14,28H,1,3-4,7-8,11-12H2. The first kappa shape index (κ1) is 18.9. The van der Waals surface area contributed by atoms with Gasteiger partial charge in [0.15, 0.2) is 0 Å². The van der Waals surface area contributed by atoms with E-state index in [9.17, 15) is 18.3 Å². The van der Waals surface area contributed by atoms with Gasteiger partial charge in [-0.3, -0.25) is 0 Å². The SMILES string of the molecule is OC1(C(F)(F)F)CC(Cn2cc(C3CCCCC3)nn2)=NN1c1ccccc1. The second-order valence-corrected chi connectivity index (χ2v) is 7.48. The molecule has 4 rings (SSSR count). The summed E-state index contributed by atoms with van der Waals surface area (Å²) in [6, 6.07) is 7.87. The first-order chi connectivity index (χ1) is 13.4. The van der Waals surface area contributed by atoms with E-state index >= 15 is 0 Å². The van der Waals surface area contributed by atoms with Crippen LogP contribution in [0.5, 0.6) is 0 Å². The highest BCUT2D eigenvalue weighted by Crippen LogP contribution is 2.42. The minimum absolute atomic E-state index is 0.0570. The van der Waals surface area contributed by atoms with Crippen LogP contribution in [0.4, 0.5) is 18.9 Å². The second kappa shape index (κ2) is 7.20. The van der Waals surface area contributed by atoms with Crippen molar-refractivity contribution in [2.45, 2.75) is 62.9 Å². The topological polar surface area (TPSA) is 66.5 Å². The van der Waals surface area contributed by atoms with Gasteiger partial charge in [-0.25, -0.2) is 9.69 Å². The Morgan fingerprint density at radius 1 is 1.11 bits per heavy atom. The van der Waals surface area contributed by atoms with Gasteiger partial charge in [0.1, 0.15) is 0 Å². The number of alkyl halides is 3. The summed E-state index contributed by atoms with van der Waals surface area (Å²) < 4.78 is 42.4. The number of benzene rings is 1. The first-order valence-electron chi connectivity index (χ1n) is 9.47. The number of rotatable bonds is 4. The predicted octanol–water partition coefficient (Wildman–Crippen LogP) is 3.84. The van der Waals surface area contributed by atoms with E-state index in [-0.39, 0.29) is 17.9 Å². The number of hydrogen-bond donors (Lipinski definition) is 1. The Labute approximate surface area is 160 Å². The summed E-state index contributed by atoms with van der Waals surface area (Å²) in [5, 5.41) is 23.5. The lowest BCUT2D eigenvalue weighted by Crippen LogP contribution is -2.55. The van der Waals surface area contributed by atoms with E-state index in [1.54, 1.807) is 24.4 Å². The molecule has 28 heavy (non-hydrogen) atoms. The highest BCUT2D eigenvalue weighted by atomic mass is 19.4. The van der Waals surface area contributed by atoms with Crippen LogP contribution < -0.4 is 5.01 Å². The van der Waals surface area contributed by atoms with E-state index < -0.39 is 18.3 Å². The van der Waals surface area contributed by atoms with Crippen LogP contribution >= 0.6 is 0 Å². The number of aliphatic hydroxyl groups is 1. The van der Waals surface area contributed by atoms with Gasteiger partial charge in [-0.15, -0.1) is 5.10 Å². The van der Waals surface area contributed by atoms with Crippen LogP contribution in [0, 0.1) is 0 Å². The predicted molar refractivity (Wildman–Crippen MR) is 97.8 cm³/mol. The molecule has 1 fully saturated rings. The van der Waals surface area contributed by atoms with Crippen molar-refractivity contribution in [1.82, 2.24) is 15.0 Å². The van der Waals surface area contributed by atoms with Crippen LogP contribution in [-0.2, 0) is 6.54 Å². The molecule has 2 aromatic rings. The summed E-state index contributed by atoms with van der Waals surface area (Å²) in [5.41, 5.74) is -1.82. The molecule has 1 aliphatic heterocycles. The normalized spacial score (nSPS) is 23.9. The summed E-state index contributed by atoms with van der Waals surface area (Å²) in [4.78, 5) is 0. The van der Waals surface area contributed by atoms with Gasteiger partial charge >= 0.3 is 6.18 Å². The van der Waals surface area contributed by atoms with Gasteiger partial charge < -0.3 is 5.11 Å². The minimum Gasteiger partial charge on any atom is -0.362 e. The molecule has 9 heteroatoms. The lowest BCUT2D eigenvalue weighted by atomic mass is 9.87. The fraction of sp³-hybridized carbons (Fsp3) is 0.526. The van der Waals surface area contributed by atoms with Gasteiger partial charge in [-0.2, -0.15) is 18.3 Å². The van der Waals surface area contributed by atoms with Crippen LogP contribution in [0.25, 0.3) is 0 Å². The van der Waals surface area contributed by atoms with Crippen LogP contribution in [-0.4, -0.2) is 37.7 Å². The van der Waals surface area contributed by atoms with E-state index in [0.29, 0.717) is 10.9 Å². The van der Waals surface area contributed by atoms with Crippen molar-refractivity contribution >= 4 is 11.4 Å². The van der Waals surface area contributed by atoms with Gasteiger partial charge in [0.25, 0.3) is 5.72 Å². The van der Waals surface area contributed by atoms with Gasteiger partial charge in [-0.1, -0.05) is 42.7 Å². The number of aromatic nitrogens is 3. The number of anilines is 1. The van der Waals surface area contributed by atoms with Crippen LogP contribution in [0.3, 0.4) is 0 Å². The van der Waals surface area contributed by atoms with Crippen molar-refractivity contribution in [3.8, 4) is 0 Å². The zero-order valence-corrected chi connectivity index (χ0v) is 15.3. The third-order valence-corrected chi connectivity index (χ3v) is 5.42. The second-order valence-electron chi connectivity index (χ2n) is 7.48. The molecule has 6 nitrogen and oxygen atoms in total. The molecule has 0 radical (unpaired) electrons. The van der Waals surface area contributed by atoms with Crippen molar-refractivity contribution in [2.75, 3.05) is 5.01 Å². The van der Waals surface area contributed by atoms with Crippen molar-refractivity contribution in [1.29, 1.82) is 0 Å². The highest BCUT2D eigenvalue weighted by Gasteiger charge is 2.61. The quantitative estimate of drug-likeness (QED) is 0.857. The number of nitrogens with zero attached hydrogens (tertiary/aromatic N) is 5. The molecule has 0 bridgehead atoms. The summed E-state index contributed by atoms with van der Waals surface area (Å²) in [6.07, 6.45) is 1.98. The van der Waals surface area contributed by atoms with Crippen molar-refractivity contribution in [3.63, 3.8) is 0 Å². The van der Waals surface area contributed by atoms with Crippen molar-refractivity contribution in [3.05, 3.63) is 42.2 Å². The monoisotopic (exact) mass is 393 g/mol. The van der Waals surface area contributed by atoms with Crippen molar-refractivity contribution < 1.29 is 18.3 Å². The van der Waals surface area contributed by atoms with Gasteiger partial charge in [0.05, 0.1) is 23.6 Å². The minimum atomic E-state index is -4.86. The Kier molecular flexibility index (Phi) is 4.86. The summed E-state index contributed by atoms with van der Waals surface area (Å²) >= 11 is 0. The van der Waals surface area contributed by atoms with Gasteiger partial charge in [0, 0.05) is 18.5 Å². The summed E-state index contributed by atoms with van der Waals surface area (Å²) in [6.45, 7) is 0.0570. The zero-order valence-electron chi connectivity index (χ0n) is 15.3. The molecule has 1 aromatic heterocycles. The Hall–Kier alpha value is -2.42. The molecule has 1 aliphatic carbocycles. The Bertz CT molecular complexity index is 845. The highest BCUT2D eigenvalue weighted by molar-refractivity contribution is 5.89. The third-order valence-electron chi connectivity index (χ3n) is 5.42.